The van der Waals surface area contributed by atoms with E-state index in [1.165, 1.54) is 0 Å². The lowest BCUT2D eigenvalue weighted by atomic mass is 9.67. The second kappa shape index (κ2) is 12.7. The van der Waals surface area contributed by atoms with Crippen LogP contribution >= 0.6 is 0 Å². The zero-order valence-corrected chi connectivity index (χ0v) is 28.3. The molecule has 49 heavy (non-hydrogen) atoms. The molecule has 0 radical (unpaired) electrons. The van der Waals surface area contributed by atoms with Gasteiger partial charge >= 0.3 is 0 Å². The van der Waals surface area contributed by atoms with Crippen molar-refractivity contribution in [1.29, 1.82) is 5.26 Å². The van der Waals surface area contributed by atoms with Crippen molar-refractivity contribution < 1.29 is 9.59 Å². The van der Waals surface area contributed by atoms with Gasteiger partial charge in [-0.2, -0.15) is 10.5 Å². The number of nitrogens with zero attached hydrogens (tertiary/aromatic N) is 7. The summed E-state index contributed by atoms with van der Waals surface area (Å²) in [5.41, 5.74) is 5.84. The van der Waals surface area contributed by atoms with Gasteiger partial charge in [0.1, 0.15) is 6.04 Å². The molecular weight excluding hydrogens is 614 g/mol. The first-order valence-corrected chi connectivity index (χ1v) is 18.1. The average molecular weight is 660 g/mol. The van der Waals surface area contributed by atoms with Crippen molar-refractivity contribution in [1.82, 2.24) is 40.6 Å². The van der Waals surface area contributed by atoms with Crippen molar-refractivity contribution in [3.05, 3.63) is 87.9 Å². The summed E-state index contributed by atoms with van der Waals surface area (Å²) in [6.07, 6.45) is 8.27. The molecule has 1 unspecified atom stereocenters. The number of amides is 2. The molecule has 2 aromatic carbocycles. The van der Waals surface area contributed by atoms with Crippen LogP contribution in [0.4, 0.5) is 0 Å². The second-order valence-corrected chi connectivity index (χ2v) is 14.8. The third kappa shape index (κ3) is 5.60. The van der Waals surface area contributed by atoms with Crippen molar-refractivity contribution in [2.45, 2.75) is 88.3 Å². The van der Waals surface area contributed by atoms with E-state index in [0.717, 1.165) is 105 Å². The highest BCUT2D eigenvalue weighted by Gasteiger charge is 2.52. The molecule has 11 nitrogen and oxygen atoms in total. The smallest absolute Gasteiger partial charge is 0.253 e. The van der Waals surface area contributed by atoms with Crippen LogP contribution in [0.15, 0.2) is 48.7 Å². The number of benzene rings is 2. The number of carbonyl (C=O) groups excluding carboxylic acids is 2. The van der Waals surface area contributed by atoms with E-state index in [4.69, 9.17) is 0 Å². The minimum Gasteiger partial charge on any atom is -0.355 e. The summed E-state index contributed by atoms with van der Waals surface area (Å²) in [7, 11) is 0. The third-order valence-electron chi connectivity index (χ3n) is 11.7. The molecule has 2 amide bonds. The molecule has 5 aliphatic rings. The van der Waals surface area contributed by atoms with E-state index >= 15 is 0 Å². The number of H-pyrrole nitrogens is 1. The summed E-state index contributed by atoms with van der Waals surface area (Å²) in [4.78, 5) is 33.3. The lowest BCUT2D eigenvalue weighted by Crippen LogP contribution is -2.42. The van der Waals surface area contributed by atoms with Gasteiger partial charge in [-0.05, 0) is 117 Å². The number of piperidine rings is 1. The van der Waals surface area contributed by atoms with Crippen LogP contribution in [0.3, 0.4) is 0 Å². The van der Waals surface area contributed by atoms with Crippen molar-refractivity contribution in [2.24, 2.45) is 5.92 Å². The first-order valence-electron chi connectivity index (χ1n) is 18.1. The Labute approximate surface area is 287 Å². The van der Waals surface area contributed by atoms with Gasteiger partial charge in [-0.1, -0.05) is 23.9 Å². The summed E-state index contributed by atoms with van der Waals surface area (Å²) < 4.78 is 0. The number of hydrogen-bond acceptors (Lipinski definition) is 8. The van der Waals surface area contributed by atoms with E-state index in [-0.39, 0.29) is 23.9 Å². The van der Waals surface area contributed by atoms with E-state index in [2.05, 4.69) is 74.7 Å². The van der Waals surface area contributed by atoms with Crippen LogP contribution in [0, 0.1) is 17.2 Å². The standard InChI is InChI=1S/C38H45N9O2/c1-24(40-23-25(2)47-31(22-39)19-30-20-34(30)47)21-38(37-41-43-44-42-37)32-11-9-28(35(48)45-13-3-4-14-45)17-26(32)7-8-27-18-29(10-12-33(27)38)36(49)46-15-5-6-16-46/h9-12,17-18,24,30-31,34,40H,2-8,13-16,19-21,23H2,1H3,(H,41,42,43,44)/t24-,30-,31?,34+/m1/s1. The Balaban J connectivity index is 1.17. The van der Waals surface area contributed by atoms with Crippen LogP contribution < -0.4 is 5.32 Å². The Morgan fingerprint density at radius 2 is 1.57 bits per heavy atom. The number of rotatable bonds is 9. The normalized spacial score (nSPS) is 24.1. The molecule has 2 aliphatic carbocycles. The van der Waals surface area contributed by atoms with Gasteiger partial charge in [0, 0.05) is 61.6 Å². The van der Waals surface area contributed by atoms with Crippen molar-refractivity contribution >= 4 is 11.8 Å². The fourth-order valence-corrected chi connectivity index (χ4v) is 9.16. The fourth-order valence-electron chi connectivity index (χ4n) is 9.16. The zero-order chi connectivity index (χ0) is 33.7. The van der Waals surface area contributed by atoms with Crippen molar-refractivity contribution in [2.75, 3.05) is 32.7 Å². The van der Waals surface area contributed by atoms with Gasteiger partial charge < -0.3 is 20.0 Å². The van der Waals surface area contributed by atoms with Crippen LogP contribution in [0.5, 0.6) is 0 Å². The average Bonchev–Trinajstić information content (AvgIpc) is 3.74. The maximum absolute atomic E-state index is 13.6. The lowest BCUT2D eigenvalue weighted by Gasteiger charge is -2.37. The van der Waals surface area contributed by atoms with Crippen LogP contribution in [0.1, 0.15) is 101 Å². The zero-order valence-electron chi connectivity index (χ0n) is 28.3. The van der Waals surface area contributed by atoms with E-state index in [1.54, 1.807) is 0 Å². The molecule has 4 atom stereocenters. The predicted molar refractivity (Wildman–Crippen MR) is 184 cm³/mol. The Bertz CT molecular complexity index is 1720. The van der Waals surface area contributed by atoms with Gasteiger partial charge in [0.2, 0.25) is 0 Å². The van der Waals surface area contributed by atoms with Crippen LogP contribution in [-0.2, 0) is 18.3 Å². The number of aryl methyl sites for hydroxylation is 2. The van der Waals surface area contributed by atoms with Gasteiger partial charge in [-0.3, -0.25) is 9.59 Å². The van der Waals surface area contributed by atoms with Gasteiger partial charge in [-0.25, -0.2) is 0 Å². The lowest BCUT2D eigenvalue weighted by molar-refractivity contribution is 0.0785. The number of aromatic nitrogens is 4. The summed E-state index contributed by atoms with van der Waals surface area (Å²) in [6, 6.07) is 15.1. The highest BCUT2D eigenvalue weighted by atomic mass is 16.2. The molecule has 3 saturated heterocycles. The Morgan fingerprint density at radius 3 is 2.10 bits per heavy atom. The minimum absolute atomic E-state index is 0.0241. The van der Waals surface area contributed by atoms with Gasteiger partial charge in [0.05, 0.1) is 11.5 Å². The van der Waals surface area contributed by atoms with Crippen LogP contribution in [-0.4, -0.2) is 98.0 Å². The van der Waals surface area contributed by atoms with Gasteiger partial charge in [0.15, 0.2) is 5.82 Å². The molecule has 11 heteroatoms. The predicted octanol–water partition coefficient (Wildman–Crippen LogP) is 3.97. The molecule has 1 aromatic heterocycles. The molecule has 3 aliphatic heterocycles. The number of aromatic amines is 1. The van der Waals surface area contributed by atoms with Crippen LogP contribution in [0.25, 0.3) is 0 Å². The molecule has 254 valence electrons. The topological polar surface area (TPSA) is 134 Å². The maximum Gasteiger partial charge on any atom is 0.253 e. The Hall–Kier alpha value is -4.56. The monoisotopic (exact) mass is 659 g/mol. The number of tetrazole rings is 1. The summed E-state index contributed by atoms with van der Waals surface area (Å²) in [6.45, 7) is 10.3. The number of likely N-dealkylation sites (tertiary alicyclic amines) is 3. The molecule has 0 bridgehead atoms. The first kappa shape index (κ1) is 31.7. The molecule has 8 rings (SSSR count). The highest BCUT2D eigenvalue weighted by molar-refractivity contribution is 5.95. The number of hydrogen-bond donors (Lipinski definition) is 2. The molecule has 1 saturated carbocycles. The van der Waals surface area contributed by atoms with Gasteiger partial charge in [0.25, 0.3) is 11.8 Å². The van der Waals surface area contributed by atoms with Crippen molar-refractivity contribution in [3.63, 3.8) is 0 Å². The van der Waals surface area contributed by atoms with E-state index in [0.29, 0.717) is 41.9 Å². The minimum atomic E-state index is -0.809. The second-order valence-electron chi connectivity index (χ2n) is 14.8. The summed E-state index contributed by atoms with van der Waals surface area (Å²) in [5, 5.41) is 29.6. The van der Waals surface area contributed by atoms with E-state index in [1.807, 2.05) is 21.9 Å². The molecule has 4 fully saturated rings. The maximum atomic E-state index is 13.6. The summed E-state index contributed by atoms with van der Waals surface area (Å²) in [5.74, 6) is 1.33. The highest BCUT2D eigenvalue weighted by Crippen LogP contribution is 2.50. The number of fused-ring (bicyclic) bond motifs is 3. The Kier molecular flexibility index (Phi) is 8.22. The Morgan fingerprint density at radius 1 is 0.980 bits per heavy atom. The first-order chi connectivity index (χ1) is 23.9. The van der Waals surface area contributed by atoms with E-state index < -0.39 is 5.41 Å². The third-order valence-corrected chi connectivity index (χ3v) is 11.7. The number of carbonyl (C=O) groups is 2. The van der Waals surface area contributed by atoms with E-state index in [9.17, 15) is 14.9 Å². The molecule has 4 heterocycles. The summed E-state index contributed by atoms with van der Waals surface area (Å²) >= 11 is 0. The molecule has 3 aromatic rings. The fraction of sp³-hybridized carbons (Fsp3) is 0.526. The van der Waals surface area contributed by atoms with Gasteiger partial charge in [-0.15, -0.1) is 10.2 Å². The molecule has 0 spiro atoms. The van der Waals surface area contributed by atoms with Crippen molar-refractivity contribution in [3.8, 4) is 6.07 Å². The quantitative estimate of drug-likeness (QED) is 0.353. The van der Waals surface area contributed by atoms with Crippen LogP contribution in [0.2, 0.25) is 0 Å². The number of nitrogens with one attached hydrogen (secondary N) is 2. The largest absolute Gasteiger partial charge is 0.355 e. The molecular formula is C38H45N9O2. The number of nitriles is 1. The molecule has 2 N–H and O–H groups in total. The SMILES string of the molecule is C=C(CN[C@H](C)CC1(c2nn[nH]n2)c2ccc(C(=O)N3CCCC3)cc2CCc2cc(C(=O)N3CCCC3)ccc21)N1C(C#N)C[C@@H]2C[C@@H]21.